The Morgan fingerprint density at radius 3 is 2.91 bits per heavy atom. The molecule has 2 aromatic heterocycles. The van der Waals surface area contributed by atoms with Crippen molar-refractivity contribution in [3.05, 3.63) is 51.6 Å². The Kier molecular flexibility index (Phi) is 4.95. The maximum atomic E-state index is 12.0. The molecule has 0 aliphatic rings. The summed E-state index contributed by atoms with van der Waals surface area (Å²) in [5.41, 5.74) is 0.481. The first-order chi connectivity index (χ1) is 11.1. The van der Waals surface area contributed by atoms with Crippen LogP contribution in [0.1, 0.15) is 12.3 Å². The number of nitrogens with zero attached hydrogens (tertiary/aromatic N) is 2. The minimum atomic E-state index is -0.204. The van der Waals surface area contributed by atoms with Gasteiger partial charge in [0, 0.05) is 12.8 Å². The molecule has 0 aliphatic heterocycles. The smallest absolute Gasteiger partial charge is 0.227 e. The van der Waals surface area contributed by atoms with Crippen molar-refractivity contribution in [2.24, 2.45) is 0 Å². The van der Waals surface area contributed by atoms with Gasteiger partial charge in [-0.25, -0.2) is 0 Å². The second-order valence-corrected chi connectivity index (χ2v) is 6.37. The molecule has 0 fully saturated rings. The number of carbonyl (C=O) groups excluding carboxylic acids is 1. The van der Waals surface area contributed by atoms with Crippen LogP contribution in [0, 0.1) is 0 Å². The summed E-state index contributed by atoms with van der Waals surface area (Å²) in [6.45, 7) is 0. The first-order valence-electron chi connectivity index (χ1n) is 6.74. The van der Waals surface area contributed by atoms with Crippen LogP contribution in [-0.4, -0.2) is 16.0 Å². The number of nitrogens with one attached hydrogen (secondary N) is 1. The molecule has 0 saturated heterocycles. The highest BCUT2D eigenvalue weighted by Gasteiger charge is 2.12. The zero-order valence-electron chi connectivity index (χ0n) is 11.8. The number of aryl methyl sites for hydroxylation is 1. The number of anilines is 1. The molecule has 0 saturated carbocycles. The van der Waals surface area contributed by atoms with Crippen molar-refractivity contribution < 1.29 is 9.32 Å². The molecule has 8 heteroatoms. The van der Waals surface area contributed by atoms with Gasteiger partial charge in [0.05, 0.1) is 20.6 Å². The SMILES string of the molecule is O=C(CCc1nc(-c2cccs2)no1)Nc1cccc(Cl)c1Cl. The summed E-state index contributed by atoms with van der Waals surface area (Å²) in [6, 6.07) is 8.89. The van der Waals surface area contributed by atoms with Crippen molar-refractivity contribution in [2.45, 2.75) is 12.8 Å². The summed E-state index contributed by atoms with van der Waals surface area (Å²) in [5, 5.41) is 9.26. The molecule has 23 heavy (non-hydrogen) atoms. The van der Waals surface area contributed by atoms with E-state index in [4.69, 9.17) is 27.7 Å². The lowest BCUT2D eigenvalue weighted by atomic mass is 10.2. The molecule has 5 nitrogen and oxygen atoms in total. The van der Waals surface area contributed by atoms with Gasteiger partial charge in [0.15, 0.2) is 0 Å². The first-order valence-corrected chi connectivity index (χ1v) is 8.37. The van der Waals surface area contributed by atoms with E-state index in [9.17, 15) is 4.79 Å². The van der Waals surface area contributed by atoms with Crippen molar-refractivity contribution in [2.75, 3.05) is 5.32 Å². The second-order valence-electron chi connectivity index (χ2n) is 4.64. The predicted octanol–water partition coefficient (Wildman–Crippen LogP) is 4.68. The highest BCUT2D eigenvalue weighted by Crippen LogP contribution is 2.29. The number of amides is 1. The Hall–Kier alpha value is -1.89. The van der Waals surface area contributed by atoms with Crippen LogP contribution >= 0.6 is 34.5 Å². The molecule has 3 aromatic rings. The van der Waals surface area contributed by atoms with E-state index in [1.165, 1.54) is 11.3 Å². The minimum Gasteiger partial charge on any atom is -0.339 e. The van der Waals surface area contributed by atoms with E-state index >= 15 is 0 Å². The fourth-order valence-corrected chi connectivity index (χ4v) is 2.89. The summed E-state index contributed by atoms with van der Waals surface area (Å²) in [7, 11) is 0. The van der Waals surface area contributed by atoms with Crippen molar-refractivity contribution in [3.63, 3.8) is 0 Å². The molecular formula is C15H11Cl2N3O2S. The second kappa shape index (κ2) is 7.12. The molecule has 0 spiro atoms. The maximum absolute atomic E-state index is 12.0. The number of hydrogen-bond donors (Lipinski definition) is 1. The lowest BCUT2D eigenvalue weighted by molar-refractivity contribution is -0.116. The largest absolute Gasteiger partial charge is 0.339 e. The average Bonchev–Trinajstić information content (AvgIpc) is 3.20. The van der Waals surface area contributed by atoms with E-state index in [-0.39, 0.29) is 12.3 Å². The summed E-state index contributed by atoms with van der Waals surface area (Å²) in [5.74, 6) is 0.749. The molecule has 0 unspecified atom stereocenters. The van der Waals surface area contributed by atoms with Gasteiger partial charge >= 0.3 is 0 Å². The number of hydrogen-bond acceptors (Lipinski definition) is 5. The Bertz CT molecular complexity index is 818. The first kappa shape index (κ1) is 16.0. The average molecular weight is 368 g/mol. The predicted molar refractivity (Wildman–Crippen MR) is 91.0 cm³/mol. The number of thiophene rings is 1. The van der Waals surface area contributed by atoms with Gasteiger partial charge in [-0.05, 0) is 23.6 Å². The van der Waals surface area contributed by atoms with E-state index < -0.39 is 0 Å². The fourth-order valence-electron chi connectivity index (χ4n) is 1.90. The monoisotopic (exact) mass is 367 g/mol. The number of carbonyl (C=O) groups is 1. The molecule has 3 rings (SSSR count). The third-order valence-corrected chi connectivity index (χ3v) is 4.69. The van der Waals surface area contributed by atoms with Crippen molar-refractivity contribution in [1.82, 2.24) is 10.1 Å². The van der Waals surface area contributed by atoms with Crippen molar-refractivity contribution in [1.29, 1.82) is 0 Å². The highest BCUT2D eigenvalue weighted by atomic mass is 35.5. The van der Waals surface area contributed by atoms with Crippen LogP contribution in [0.3, 0.4) is 0 Å². The summed E-state index contributed by atoms with van der Waals surface area (Å²) >= 11 is 13.5. The minimum absolute atomic E-state index is 0.203. The van der Waals surface area contributed by atoms with Crippen LogP contribution in [0.25, 0.3) is 10.7 Å². The zero-order valence-corrected chi connectivity index (χ0v) is 14.1. The summed E-state index contributed by atoms with van der Waals surface area (Å²) in [6.07, 6.45) is 0.553. The quantitative estimate of drug-likeness (QED) is 0.710. The van der Waals surface area contributed by atoms with Gasteiger partial charge in [-0.1, -0.05) is 40.5 Å². The van der Waals surface area contributed by atoms with E-state index in [0.29, 0.717) is 33.9 Å². The highest BCUT2D eigenvalue weighted by molar-refractivity contribution is 7.13. The third-order valence-electron chi connectivity index (χ3n) is 3.00. The Morgan fingerprint density at radius 1 is 1.26 bits per heavy atom. The van der Waals surface area contributed by atoms with Gasteiger partial charge in [0.2, 0.25) is 17.6 Å². The molecule has 1 amide bonds. The van der Waals surface area contributed by atoms with Crippen LogP contribution in [0.4, 0.5) is 5.69 Å². The van der Waals surface area contributed by atoms with Gasteiger partial charge in [-0.3, -0.25) is 4.79 Å². The fraction of sp³-hybridized carbons (Fsp3) is 0.133. The number of halogens is 2. The van der Waals surface area contributed by atoms with Gasteiger partial charge in [-0.15, -0.1) is 11.3 Å². The summed E-state index contributed by atoms with van der Waals surface area (Å²) in [4.78, 5) is 17.2. The lowest BCUT2D eigenvalue weighted by Crippen LogP contribution is -2.12. The third kappa shape index (κ3) is 3.90. The molecule has 1 aromatic carbocycles. The van der Waals surface area contributed by atoms with E-state index in [0.717, 1.165) is 4.88 Å². The van der Waals surface area contributed by atoms with Crippen molar-refractivity contribution >= 4 is 46.1 Å². The van der Waals surface area contributed by atoms with Crippen LogP contribution in [0.5, 0.6) is 0 Å². The zero-order chi connectivity index (χ0) is 16.2. The van der Waals surface area contributed by atoms with Gasteiger partial charge < -0.3 is 9.84 Å². The van der Waals surface area contributed by atoms with Crippen LogP contribution < -0.4 is 5.32 Å². The van der Waals surface area contributed by atoms with Crippen molar-refractivity contribution in [3.8, 4) is 10.7 Å². The molecule has 0 radical (unpaired) electrons. The van der Waals surface area contributed by atoms with Gasteiger partial charge in [0.25, 0.3) is 0 Å². The molecule has 0 bridgehead atoms. The molecule has 2 heterocycles. The molecule has 1 N–H and O–H groups in total. The van der Waals surface area contributed by atoms with E-state index in [2.05, 4.69) is 15.5 Å². The lowest BCUT2D eigenvalue weighted by Gasteiger charge is -2.07. The Balaban J connectivity index is 1.58. The van der Waals surface area contributed by atoms with Crippen LogP contribution in [-0.2, 0) is 11.2 Å². The van der Waals surface area contributed by atoms with E-state index in [1.54, 1.807) is 18.2 Å². The normalized spacial score (nSPS) is 10.7. The van der Waals surface area contributed by atoms with Gasteiger partial charge in [-0.2, -0.15) is 4.98 Å². The Labute approximate surface area is 146 Å². The number of benzene rings is 1. The molecule has 0 aliphatic carbocycles. The number of aromatic nitrogens is 2. The van der Waals surface area contributed by atoms with Crippen LogP contribution in [0.15, 0.2) is 40.2 Å². The van der Waals surface area contributed by atoms with Crippen LogP contribution in [0.2, 0.25) is 10.0 Å². The summed E-state index contributed by atoms with van der Waals surface area (Å²) < 4.78 is 5.15. The molecule has 0 atom stereocenters. The molecule has 118 valence electrons. The number of rotatable bonds is 5. The topological polar surface area (TPSA) is 68.0 Å². The van der Waals surface area contributed by atoms with E-state index in [1.807, 2.05) is 17.5 Å². The van der Waals surface area contributed by atoms with Gasteiger partial charge in [0.1, 0.15) is 0 Å². The Morgan fingerprint density at radius 2 is 2.13 bits per heavy atom. The standard InChI is InChI=1S/C15H11Cl2N3O2S/c16-9-3-1-4-10(14(9)17)18-12(21)6-7-13-19-15(20-22-13)11-5-2-8-23-11/h1-5,8H,6-7H2,(H,18,21). The molecular weight excluding hydrogens is 357 g/mol. The maximum Gasteiger partial charge on any atom is 0.227 e.